The van der Waals surface area contributed by atoms with Crippen LogP contribution in [0.15, 0.2) is 97.1 Å². The van der Waals surface area contributed by atoms with Crippen LogP contribution in [-0.4, -0.2) is 78.1 Å². The molecule has 0 fully saturated rings. The predicted molar refractivity (Wildman–Crippen MR) is 176 cm³/mol. The Kier molecular flexibility index (Phi) is 10.7. The molecular weight excluding hydrogens is 566 g/mol. The van der Waals surface area contributed by atoms with Gasteiger partial charge in [0.2, 0.25) is 17.7 Å². The Labute approximate surface area is 264 Å². The van der Waals surface area contributed by atoms with Gasteiger partial charge < -0.3 is 26.2 Å². The number of hydrogen-bond donors (Lipinski definition) is 2. The molecule has 0 radical (unpaired) electrons. The van der Waals surface area contributed by atoms with Crippen LogP contribution in [0.3, 0.4) is 0 Å². The first-order valence-corrected chi connectivity index (χ1v) is 14.9. The second-order valence-corrected chi connectivity index (χ2v) is 11.5. The minimum atomic E-state index is -0.951. The number of carbonyl (C=O) groups excluding carboxylic acids is 4. The van der Waals surface area contributed by atoms with E-state index in [1.165, 1.54) is 21.7 Å². The molecule has 0 heterocycles. The summed E-state index contributed by atoms with van der Waals surface area (Å²) in [4.78, 5) is 57.8. The summed E-state index contributed by atoms with van der Waals surface area (Å²) in [6.07, 6.45) is 0.425. The maximum atomic E-state index is 14.5. The largest absolute Gasteiger partial charge is 0.368 e. The van der Waals surface area contributed by atoms with Gasteiger partial charge in [-0.3, -0.25) is 19.2 Å². The fourth-order valence-electron chi connectivity index (χ4n) is 5.46. The highest BCUT2D eigenvalue weighted by Gasteiger charge is 2.36. The summed E-state index contributed by atoms with van der Waals surface area (Å²) in [5, 5.41) is 2.07. The Morgan fingerprint density at radius 1 is 0.667 bits per heavy atom. The van der Waals surface area contributed by atoms with Gasteiger partial charge in [0.05, 0.1) is 6.54 Å². The lowest BCUT2D eigenvalue weighted by Crippen LogP contribution is -2.56. The number of likely N-dealkylation sites (N-methyl/N-ethyl adjacent to an activating group) is 3. The van der Waals surface area contributed by atoms with Gasteiger partial charge in [-0.2, -0.15) is 0 Å². The van der Waals surface area contributed by atoms with Crippen LogP contribution in [0.2, 0.25) is 0 Å². The molecule has 4 aromatic rings. The first-order chi connectivity index (χ1) is 21.5. The predicted octanol–water partition coefficient (Wildman–Crippen LogP) is 3.56. The van der Waals surface area contributed by atoms with E-state index in [0.29, 0.717) is 5.56 Å². The van der Waals surface area contributed by atoms with Gasteiger partial charge in [0.25, 0.3) is 5.91 Å². The quantitative estimate of drug-likeness (QED) is 0.254. The Morgan fingerprint density at radius 2 is 1.29 bits per heavy atom. The van der Waals surface area contributed by atoms with Crippen LogP contribution >= 0.6 is 0 Å². The summed E-state index contributed by atoms with van der Waals surface area (Å²) in [7, 11) is 4.65. The van der Waals surface area contributed by atoms with Gasteiger partial charge in [0.15, 0.2) is 0 Å². The van der Waals surface area contributed by atoms with Crippen molar-refractivity contribution in [2.45, 2.75) is 37.9 Å². The van der Waals surface area contributed by atoms with Gasteiger partial charge in [0.1, 0.15) is 12.1 Å². The Bertz CT molecular complexity index is 1670. The average Bonchev–Trinajstić information content (AvgIpc) is 3.04. The summed E-state index contributed by atoms with van der Waals surface area (Å²) in [5.74, 6) is -1.85. The number of hydrogen-bond acceptors (Lipinski definition) is 5. The molecule has 3 atom stereocenters. The second kappa shape index (κ2) is 14.6. The third-order valence-corrected chi connectivity index (χ3v) is 8.12. The van der Waals surface area contributed by atoms with Gasteiger partial charge in [0, 0.05) is 45.6 Å². The van der Waals surface area contributed by atoms with E-state index in [4.69, 9.17) is 11.5 Å². The van der Waals surface area contributed by atoms with E-state index in [9.17, 15) is 19.2 Å². The number of rotatable bonds is 12. The number of fused-ring (bicyclic) bond motifs is 1. The molecule has 234 valence electrons. The van der Waals surface area contributed by atoms with E-state index in [1.54, 1.807) is 32.3 Å². The van der Waals surface area contributed by atoms with Crippen LogP contribution in [0.5, 0.6) is 0 Å². The lowest BCUT2D eigenvalue weighted by atomic mass is 9.97. The van der Waals surface area contributed by atoms with Crippen LogP contribution in [-0.2, 0) is 27.2 Å². The molecule has 4 N–H and O–H groups in total. The van der Waals surface area contributed by atoms with Crippen molar-refractivity contribution in [3.05, 3.63) is 119 Å². The van der Waals surface area contributed by atoms with E-state index < -0.39 is 29.8 Å². The summed E-state index contributed by atoms with van der Waals surface area (Å²) in [5.41, 5.74) is 14.4. The molecular formula is C36H41N5O4. The summed E-state index contributed by atoms with van der Waals surface area (Å²) in [6.45, 7) is 1.55. The molecule has 1 unspecified atom stereocenters. The van der Waals surface area contributed by atoms with Gasteiger partial charge >= 0.3 is 0 Å². The first kappa shape index (κ1) is 32.9. The lowest BCUT2D eigenvalue weighted by Gasteiger charge is -2.36. The number of nitrogens with zero attached hydrogens (tertiary/aromatic N) is 3. The van der Waals surface area contributed by atoms with Crippen molar-refractivity contribution in [3.63, 3.8) is 0 Å². The minimum absolute atomic E-state index is 0.210. The van der Waals surface area contributed by atoms with Gasteiger partial charge in [-0.05, 0) is 46.5 Å². The lowest BCUT2D eigenvalue weighted by molar-refractivity contribution is -0.146. The number of carbonyl (C=O) groups is 4. The fourth-order valence-corrected chi connectivity index (χ4v) is 5.46. The zero-order chi connectivity index (χ0) is 32.7. The molecule has 0 aromatic heterocycles. The molecule has 0 bridgehead atoms. The number of nitrogens with two attached hydrogens (primary N) is 2. The highest BCUT2D eigenvalue weighted by Crippen LogP contribution is 2.22. The van der Waals surface area contributed by atoms with E-state index in [2.05, 4.69) is 0 Å². The fraction of sp³-hybridized carbons (Fsp3) is 0.278. The standard InChI is InChI=1S/C36H41N5O4/c1-24(37)28-15-10-16-30(22-28)34(43)40(3)32(21-26-17-18-27-13-8-9-14-29(27)19-26)36(45)41(4)31(20-25-11-6-5-7-12-25)35(44)39(2)23-33(38)42/h5-19,22,24,31-32H,20-21,23,37H2,1-4H3,(H2,38,42)/t24?,31-,32-/m1/s1. The summed E-state index contributed by atoms with van der Waals surface area (Å²) >= 11 is 0. The molecule has 45 heavy (non-hydrogen) atoms. The molecule has 0 aliphatic heterocycles. The van der Waals surface area contributed by atoms with Crippen molar-refractivity contribution in [2.75, 3.05) is 27.7 Å². The molecule has 0 saturated carbocycles. The van der Waals surface area contributed by atoms with Crippen molar-refractivity contribution < 1.29 is 19.2 Å². The van der Waals surface area contributed by atoms with Gasteiger partial charge in [-0.15, -0.1) is 0 Å². The van der Waals surface area contributed by atoms with Crippen LogP contribution in [0, 0.1) is 0 Å². The SMILES string of the molecule is CC(N)c1cccc(C(=O)N(C)[C@H](Cc2ccc3ccccc3c2)C(=O)N(C)[C@H](Cc2ccccc2)C(=O)N(C)CC(N)=O)c1. The van der Waals surface area contributed by atoms with Crippen LogP contribution < -0.4 is 11.5 Å². The van der Waals surface area contributed by atoms with Crippen molar-refractivity contribution >= 4 is 34.4 Å². The summed E-state index contributed by atoms with van der Waals surface area (Å²) < 4.78 is 0. The zero-order valence-electron chi connectivity index (χ0n) is 26.2. The molecule has 4 rings (SSSR count). The third-order valence-electron chi connectivity index (χ3n) is 8.12. The van der Waals surface area contributed by atoms with Crippen molar-refractivity contribution in [2.24, 2.45) is 11.5 Å². The van der Waals surface area contributed by atoms with E-state index in [-0.39, 0.29) is 31.3 Å². The zero-order valence-corrected chi connectivity index (χ0v) is 26.2. The topological polar surface area (TPSA) is 130 Å². The van der Waals surface area contributed by atoms with Gasteiger partial charge in [-0.25, -0.2) is 0 Å². The molecule has 0 saturated heterocycles. The number of benzene rings is 4. The van der Waals surface area contributed by atoms with Crippen molar-refractivity contribution in [3.8, 4) is 0 Å². The number of amides is 4. The molecule has 0 aliphatic rings. The van der Waals surface area contributed by atoms with Crippen LogP contribution in [0.25, 0.3) is 10.8 Å². The first-order valence-electron chi connectivity index (χ1n) is 14.9. The van der Waals surface area contributed by atoms with Gasteiger partial charge in [-0.1, -0.05) is 84.9 Å². The Balaban J connectivity index is 1.73. The number of primary amides is 1. The maximum Gasteiger partial charge on any atom is 0.254 e. The van der Waals surface area contributed by atoms with E-state index >= 15 is 0 Å². The highest BCUT2D eigenvalue weighted by atomic mass is 16.2. The maximum absolute atomic E-state index is 14.5. The van der Waals surface area contributed by atoms with E-state index in [0.717, 1.165) is 27.5 Å². The summed E-state index contributed by atoms with van der Waals surface area (Å²) in [6, 6.07) is 28.1. The second-order valence-electron chi connectivity index (χ2n) is 11.5. The molecule has 9 nitrogen and oxygen atoms in total. The molecule has 9 heteroatoms. The van der Waals surface area contributed by atoms with Crippen molar-refractivity contribution in [1.82, 2.24) is 14.7 Å². The monoisotopic (exact) mass is 607 g/mol. The third kappa shape index (κ3) is 8.13. The van der Waals surface area contributed by atoms with Crippen LogP contribution in [0.1, 0.15) is 40.0 Å². The van der Waals surface area contributed by atoms with E-state index in [1.807, 2.05) is 85.8 Å². The normalized spacial score (nSPS) is 13.0. The van der Waals surface area contributed by atoms with Crippen LogP contribution in [0.4, 0.5) is 0 Å². The highest BCUT2D eigenvalue weighted by molar-refractivity contribution is 5.99. The smallest absolute Gasteiger partial charge is 0.254 e. The Hall–Kier alpha value is -5.02. The van der Waals surface area contributed by atoms with Crippen molar-refractivity contribution in [1.29, 1.82) is 0 Å². The molecule has 0 spiro atoms. The average molecular weight is 608 g/mol. The molecule has 4 amide bonds. The molecule has 0 aliphatic carbocycles. The molecule has 4 aromatic carbocycles. The Morgan fingerprint density at radius 3 is 1.96 bits per heavy atom. The minimum Gasteiger partial charge on any atom is -0.368 e.